The smallest absolute Gasteiger partial charge is 0.231 e. The van der Waals surface area contributed by atoms with E-state index in [2.05, 4.69) is 26.2 Å². The van der Waals surface area contributed by atoms with Gasteiger partial charge in [0.15, 0.2) is 11.6 Å². The summed E-state index contributed by atoms with van der Waals surface area (Å²) >= 11 is 3.40. The zero-order valence-corrected chi connectivity index (χ0v) is 14.6. The largest absolute Gasteiger partial charge is 0.504 e. The Morgan fingerprint density at radius 3 is 2.92 bits per heavy atom. The van der Waals surface area contributed by atoms with Gasteiger partial charge in [0.1, 0.15) is 0 Å². The fourth-order valence-corrected chi connectivity index (χ4v) is 3.23. The molecular formula is C17H16BrN3O3. The number of carbonyl (C=O) groups is 2. The number of rotatable bonds is 3. The van der Waals surface area contributed by atoms with Crippen LogP contribution in [0.1, 0.15) is 12.0 Å². The average molecular weight is 390 g/mol. The maximum atomic E-state index is 12.4. The first kappa shape index (κ1) is 16.4. The molecule has 0 bridgehead atoms. The molecule has 2 amide bonds. The predicted octanol–water partition coefficient (Wildman–Crippen LogP) is 2.85. The molecule has 0 aliphatic carbocycles. The molecule has 0 spiro atoms. The van der Waals surface area contributed by atoms with E-state index >= 15 is 0 Å². The van der Waals surface area contributed by atoms with Crippen molar-refractivity contribution in [3.63, 3.8) is 0 Å². The Labute approximate surface area is 147 Å². The zero-order valence-electron chi connectivity index (χ0n) is 13.0. The molecule has 1 aromatic heterocycles. The molecule has 1 atom stereocenters. The highest BCUT2D eigenvalue weighted by Crippen LogP contribution is 2.30. The number of hydrogen-bond donors (Lipinski definition) is 2. The minimum absolute atomic E-state index is 0.0918. The van der Waals surface area contributed by atoms with Crippen LogP contribution in [-0.4, -0.2) is 28.4 Å². The second-order valence-electron chi connectivity index (χ2n) is 5.70. The standard InChI is InChI=1S/C17H16BrN3O3/c1-10-7-12(18)4-5-13(10)21-9-11(8-15(21)23)17(24)20-16-14(22)3-2-6-19-16/h2-7,11,22H,8-9H2,1H3,(H,19,20,24). The van der Waals surface area contributed by atoms with Gasteiger partial charge in [-0.3, -0.25) is 9.59 Å². The number of carbonyl (C=O) groups excluding carboxylic acids is 2. The van der Waals surface area contributed by atoms with Crippen LogP contribution in [0.2, 0.25) is 0 Å². The van der Waals surface area contributed by atoms with E-state index in [1.165, 1.54) is 12.3 Å². The molecule has 2 heterocycles. The van der Waals surface area contributed by atoms with Crippen LogP contribution < -0.4 is 10.2 Å². The summed E-state index contributed by atoms with van der Waals surface area (Å²) in [5.74, 6) is -0.897. The summed E-state index contributed by atoms with van der Waals surface area (Å²) in [5.41, 5.74) is 1.76. The number of nitrogens with one attached hydrogen (secondary N) is 1. The van der Waals surface area contributed by atoms with Crippen molar-refractivity contribution in [1.29, 1.82) is 0 Å². The number of amides is 2. The molecule has 1 saturated heterocycles. The van der Waals surface area contributed by atoms with Crippen LogP contribution in [0, 0.1) is 12.8 Å². The third-order valence-corrected chi connectivity index (χ3v) is 4.47. The summed E-state index contributed by atoms with van der Waals surface area (Å²) in [7, 11) is 0. The molecule has 3 rings (SSSR count). The monoisotopic (exact) mass is 389 g/mol. The quantitative estimate of drug-likeness (QED) is 0.845. The first-order valence-electron chi connectivity index (χ1n) is 7.47. The predicted molar refractivity (Wildman–Crippen MR) is 93.9 cm³/mol. The van der Waals surface area contributed by atoms with Crippen molar-refractivity contribution in [3.05, 3.63) is 46.6 Å². The Balaban J connectivity index is 1.74. The molecule has 1 fully saturated rings. The van der Waals surface area contributed by atoms with E-state index in [1.54, 1.807) is 11.0 Å². The maximum Gasteiger partial charge on any atom is 0.231 e. The van der Waals surface area contributed by atoms with Crippen molar-refractivity contribution < 1.29 is 14.7 Å². The molecule has 0 radical (unpaired) electrons. The molecular weight excluding hydrogens is 374 g/mol. The molecule has 1 aromatic carbocycles. The van der Waals surface area contributed by atoms with Crippen molar-refractivity contribution in [2.24, 2.45) is 5.92 Å². The highest BCUT2D eigenvalue weighted by Gasteiger charge is 2.36. The molecule has 6 nitrogen and oxygen atoms in total. The van der Waals surface area contributed by atoms with Crippen LogP contribution in [-0.2, 0) is 9.59 Å². The normalized spacial score (nSPS) is 17.2. The lowest BCUT2D eigenvalue weighted by Gasteiger charge is -2.19. The molecule has 124 valence electrons. The second kappa shape index (κ2) is 6.60. The first-order valence-corrected chi connectivity index (χ1v) is 8.26. The maximum absolute atomic E-state index is 12.4. The van der Waals surface area contributed by atoms with Crippen LogP contribution in [0.3, 0.4) is 0 Å². The van der Waals surface area contributed by atoms with Gasteiger partial charge in [0.05, 0.1) is 5.92 Å². The number of aryl methyl sites for hydroxylation is 1. The fraction of sp³-hybridized carbons (Fsp3) is 0.235. The third-order valence-electron chi connectivity index (χ3n) is 3.97. The lowest BCUT2D eigenvalue weighted by molar-refractivity contribution is -0.122. The van der Waals surface area contributed by atoms with Crippen molar-refractivity contribution in [2.75, 3.05) is 16.8 Å². The van der Waals surface area contributed by atoms with E-state index in [4.69, 9.17) is 0 Å². The van der Waals surface area contributed by atoms with E-state index < -0.39 is 5.92 Å². The highest BCUT2D eigenvalue weighted by atomic mass is 79.9. The van der Waals surface area contributed by atoms with Gasteiger partial charge in [-0.05, 0) is 42.8 Å². The van der Waals surface area contributed by atoms with Crippen molar-refractivity contribution in [2.45, 2.75) is 13.3 Å². The van der Waals surface area contributed by atoms with Gasteiger partial charge in [-0.2, -0.15) is 0 Å². The summed E-state index contributed by atoms with van der Waals surface area (Å²) in [6, 6.07) is 8.68. The van der Waals surface area contributed by atoms with Gasteiger partial charge in [0, 0.05) is 29.3 Å². The summed E-state index contributed by atoms with van der Waals surface area (Å²) in [6.45, 7) is 2.23. The van der Waals surface area contributed by atoms with Gasteiger partial charge < -0.3 is 15.3 Å². The Morgan fingerprint density at radius 1 is 1.42 bits per heavy atom. The van der Waals surface area contributed by atoms with Gasteiger partial charge in [0.25, 0.3) is 0 Å². The van der Waals surface area contributed by atoms with Crippen molar-refractivity contribution in [1.82, 2.24) is 4.98 Å². The SMILES string of the molecule is Cc1cc(Br)ccc1N1CC(C(=O)Nc2ncccc2O)CC1=O. The number of hydrogen-bond acceptors (Lipinski definition) is 4. The minimum Gasteiger partial charge on any atom is -0.504 e. The summed E-state index contributed by atoms with van der Waals surface area (Å²) in [6.07, 6.45) is 1.61. The van der Waals surface area contributed by atoms with Gasteiger partial charge >= 0.3 is 0 Å². The Hall–Kier alpha value is -2.41. The van der Waals surface area contributed by atoms with Crippen LogP contribution >= 0.6 is 15.9 Å². The second-order valence-corrected chi connectivity index (χ2v) is 6.61. The summed E-state index contributed by atoms with van der Waals surface area (Å²) in [5, 5.41) is 12.3. The number of nitrogens with zero attached hydrogens (tertiary/aromatic N) is 2. The van der Waals surface area contributed by atoms with Gasteiger partial charge in [0.2, 0.25) is 11.8 Å². The number of halogens is 1. The van der Waals surface area contributed by atoms with E-state index in [-0.39, 0.29) is 29.8 Å². The summed E-state index contributed by atoms with van der Waals surface area (Å²) < 4.78 is 0.940. The summed E-state index contributed by atoms with van der Waals surface area (Å²) in [4.78, 5) is 30.2. The van der Waals surface area contributed by atoms with Crippen molar-refractivity contribution in [3.8, 4) is 5.75 Å². The Morgan fingerprint density at radius 2 is 2.21 bits per heavy atom. The first-order chi connectivity index (χ1) is 11.5. The molecule has 0 saturated carbocycles. The average Bonchev–Trinajstić information content (AvgIpc) is 2.91. The lowest BCUT2D eigenvalue weighted by atomic mass is 10.1. The Bertz CT molecular complexity index is 809. The molecule has 2 aromatic rings. The van der Waals surface area contributed by atoms with Crippen LogP contribution in [0.15, 0.2) is 41.0 Å². The van der Waals surface area contributed by atoms with E-state index in [9.17, 15) is 14.7 Å². The number of anilines is 2. The number of aromatic hydroxyl groups is 1. The molecule has 7 heteroatoms. The van der Waals surface area contributed by atoms with E-state index in [0.717, 1.165) is 15.7 Å². The minimum atomic E-state index is -0.484. The molecule has 1 aliphatic rings. The number of aromatic nitrogens is 1. The number of pyridine rings is 1. The van der Waals surface area contributed by atoms with Crippen molar-refractivity contribution >= 4 is 39.2 Å². The molecule has 2 N–H and O–H groups in total. The molecule has 1 aliphatic heterocycles. The van der Waals surface area contributed by atoms with Gasteiger partial charge in [-0.25, -0.2) is 4.98 Å². The zero-order chi connectivity index (χ0) is 17.3. The molecule has 1 unspecified atom stereocenters. The van der Waals surface area contributed by atoms with Crippen LogP contribution in [0.5, 0.6) is 5.75 Å². The lowest BCUT2D eigenvalue weighted by Crippen LogP contribution is -2.28. The van der Waals surface area contributed by atoms with Crippen LogP contribution in [0.25, 0.3) is 0 Å². The molecule has 24 heavy (non-hydrogen) atoms. The fourth-order valence-electron chi connectivity index (χ4n) is 2.75. The Kier molecular flexibility index (Phi) is 4.53. The number of benzene rings is 1. The third kappa shape index (κ3) is 3.26. The van der Waals surface area contributed by atoms with E-state index in [1.807, 2.05) is 25.1 Å². The van der Waals surface area contributed by atoms with E-state index in [0.29, 0.717) is 6.54 Å². The highest BCUT2D eigenvalue weighted by molar-refractivity contribution is 9.10. The van der Waals surface area contributed by atoms with Crippen LogP contribution in [0.4, 0.5) is 11.5 Å². The van der Waals surface area contributed by atoms with Gasteiger partial charge in [-0.15, -0.1) is 0 Å². The topological polar surface area (TPSA) is 82.5 Å². The van der Waals surface area contributed by atoms with Gasteiger partial charge in [-0.1, -0.05) is 15.9 Å².